The smallest absolute Gasteiger partial charge is 0.323 e. The van der Waals surface area contributed by atoms with Crippen LogP contribution in [0.25, 0.3) is 0 Å². The van der Waals surface area contributed by atoms with E-state index in [9.17, 15) is 4.79 Å². The van der Waals surface area contributed by atoms with E-state index < -0.39 is 29.7 Å². The number of carbonyl (C=O) groups excluding carboxylic acids is 1. The molecule has 1 unspecified atom stereocenters. The molecule has 0 radical (unpaired) electrons. The molecular weight excluding hydrogens is 961 g/mol. The second-order valence-corrected chi connectivity index (χ2v) is 43.3. The van der Waals surface area contributed by atoms with Gasteiger partial charge in [-0.15, -0.1) is 11.8 Å². The Hall–Kier alpha value is -0.509. The first-order chi connectivity index (χ1) is 33.6. The minimum atomic E-state index is -2.06. The number of benzene rings is 1. The summed E-state index contributed by atoms with van der Waals surface area (Å²) in [5, 5.41) is 0.431. The predicted octanol–water partition coefficient (Wildman–Crippen LogP) is 18.9. The minimum absolute atomic E-state index is 0.0388. The zero-order valence-corrected chi connectivity index (χ0v) is 53.8. The molecule has 418 valence electrons. The topological polar surface area (TPSA) is 72.5 Å². The van der Waals surface area contributed by atoms with Gasteiger partial charge in [0.05, 0.1) is 36.6 Å². The fourth-order valence-corrected chi connectivity index (χ4v) is 16.1. The average molecular weight is 1080 g/mol. The lowest BCUT2D eigenvalue weighted by Gasteiger charge is -2.41. The second kappa shape index (κ2) is 28.9. The van der Waals surface area contributed by atoms with Gasteiger partial charge in [0, 0.05) is 17.4 Å². The van der Waals surface area contributed by atoms with Crippen LogP contribution in [0, 0.1) is 0 Å². The van der Waals surface area contributed by atoms with Crippen LogP contribution in [-0.4, -0.2) is 84.5 Å². The lowest BCUT2D eigenvalue weighted by Crippen LogP contribution is -2.47. The van der Waals surface area contributed by atoms with Crippen LogP contribution in [0.3, 0.4) is 0 Å². The van der Waals surface area contributed by atoms with Crippen LogP contribution >= 0.6 is 11.8 Å². The van der Waals surface area contributed by atoms with E-state index in [2.05, 4.69) is 133 Å². The van der Waals surface area contributed by atoms with Gasteiger partial charge in [-0.3, -0.25) is 4.79 Å². The molecule has 0 aromatic heterocycles. The van der Waals surface area contributed by atoms with Crippen LogP contribution in [0.4, 0.5) is 0 Å². The number of unbranched alkanes of at least 4 members (excludes halogenated alkanes) is 14. The molecule has 11 heteroatoms. The third-order valence-electron chi connectivity index (χ3n) is 18.2. The van der Waals surface area contributed by atoms with Gasteiger partial charge in [0.15, 0.2) is 25.0 Å². The molecule has 3 saturated heterocycles. The van der Waals surface area contributed by atoms with E-state index in [0.717, 1.165) is 62.7 Å². The van der Waals surface area contributed by atoms with Gasteiger partial charge in [-0.05, 0) is 125 Å². The summed E-state index contributed by atoms with van der Waals surface area (Å²) in [6, 6.07) is 10.4. The maximum atomic E-state index is 13.6. The zero-order valence-electron chi connectivity index (χ0n) is 49.9. The Morgan fingerprint density at radius 1 is 0.569 bits per heavy atom. The SMILES string of the molecule is CCCCCCCCCC[C@H](O[Si](C)(C)C(C)(C)C)[C@H]1CC[C@@H]([C@@H]2CC[C@H]([C@@H](CCCCCCCCCC[C@H](CC3(Sc4ccccc4)C[C@H](C)OC3=O)O[Si](C)(C)C(C)(C)C)O[Si](C)(C)C(C)(C)C)O2)O1. The average Bonchev–Trinajstić information content (AvgIpc) is 4.03. The summed E-state index contributed by atoms with van der Waals surface area (Å²) < 4.78 is 41.1. The van der Waals surface area contributed by atoms with E-state index in [1.807, 2.05) is 13.0 Å². The number of esters is 1. The number of carbonyl (C=O) groups is 1. The van der Waals surface area contributed by atoms with Crippen molar-refractivity contribution in [2.45, 2.75) is 350 Å². The fourth-order valence-electron chi connectivity index (χ4n) is 10.5. The summed E-state index contributed by atoms with van der Waals surface area (Å²) in [5.41, 5.74) is 0. The zero-order chi connectivity index (χ0) is 53.4. The highest BCUT2D eigenvalue weighted by atomic mass is 32.2. The normalized spacial score (nSPS) is 25.0. The van der Waals surface area contributed by atoms with Gasteiger partial charge >= 0.3 is 5.97 Å². The number of cyclic esters (lactones) is 1. The molecule has 9 atom stereocenters. The van der Waals surface area contributed by atoms with Crippen molar-refractivity contribution in [3.05, 3.63) is 30.3 Å². The van der Waals surface area contributed by atoms with Gasteiger partial charge in [0.1, 0.15) is 10.9 Å². The molecule has 0 amide bonds. The summed E-state index contributed by atoms with van der Waals surface area (Å²) in [6.45, 7) is 39.9. The largest absolute Gasteiger partial charge is 0.462 e. The third kappa shape index (κ3) is 20.1. The van der Waals surface area contributed by atoms with Crippen LogP contribution < -0.4 is 0 Å². The van der Waals surface area contributed by atoms with Crippen molar-refractivity contribution < 1.29 is 32.3 Å². The number of rotatable bonds is 33. The standard InChI is InChI=1S/C61H114O7SSi3/c1-18-19-20-21-22-26-29-35-40-55(67-71(14,15)59(6,7)8)53-44-42-51(64-53)52-43-45-54(65-52)56(68-72(16,17)60(9,10)11)41-36-30-27-24-23-25-28-32-37-49(66-70(12,13)58(3,4)5)47-61(46-48(2)63-57(61)62)69-50-38-33-31-34-39-50/h31,33-34,38-39,48-49,51-56H,18-30,32,35-37,40-47H2,1-17H3/t48-,49+,51-,52-,53+,54+,55-,56+,61?/m0/s1. The van der Waals surface area contributed by atoms with E-state index in [1.165, 1.54) is 96.3 Å². The minimum Gasteiger partial charge on any atom is -0.462 e. The van der Waals surface area contributed by atoms with Crippen molar-refractivity contribution in [1.29, 1.82) is 0 Å². The summed E-state index contributed by atoms with van der Waals surface area (Å²) in [7, 11) is -6.01. The lowest BCUT2D eigenvalue weighted by molar-refractivity contribution is -0.143. The monoisotopic (exact) mass is 1070 g/mol. The van der Waals surface area contributed by atoms with Crippen LogP contribution in [-0.2, 0) is 32.3 Å². The summed E-state index contributed by atoms with van der Waals surface area (Å²) >= 11 is 1.69. The van der Waals surface area contributed by atoms with Crippen LogP contribution in [0.1, 0.15) is 237 Å². The van der Waals surface area contributed by atoms with Crippen molar-refractivity contribution in [1.82, 2.24) is 0 Å². The Bertz CT molecular complexity index is 1690. The molecule has 1 aromatic carbocycles. The first-order valence-electron chi connectivity index (χ1n) is 29.9. The molecule has 3 aliphatic heterocycles. The highest BCUT2D eigenvalue weighted by Crippen LogP contribution is 2.49. The molecule has 72 heavy (non-hydrogen) atoms. The number of hydrogen-bond donors (Lipinski definition) is 0. The van der Waals surface area contributed by atoms with E-state index in [-0.39, 0.29) is 69.9 Å². The van der Waals surface area contributed by atoms with E-state index in [0.29, 0.717) is 6.42 Å². The van der Waals surface area contributed by atoms with Crippen molar-refractivity contribution in [3.63, 3.8) is 0 Å². The Morgan fingerprint density at radius 2 is 0.958 bits per heavy atom. The maximum Gasteiger partial charge on any atom is 0.323 e. The van der Waals surface area contributed by atoms with Gasteiger partial charge in [-0.25, -0.2) is 0 Å². The van der Waals surface area contributed by atoms with Crippen molar-refractivity contribution in [2.75, 3.05) is 0 Å². The van der Waals surface area contributed by atoms with E-state index >= 15 is 0 Å². The summed E-state index contributed by atoms with van der Waals surface area (Å²) in [4.78, 5) is 14.8. The Labute approximate surface area is 452 Å². The quantitative estimate of drug-likeness (QED) is 0.0392. The van der Waals surface area contributed by atoms with Gasteiger partial charge in [0.25, 0.3) is 0 Å². The first-order valence-corrected chi connectivity index (χ1v) is 39.4. The molecule has 3 aliphatic rings. The molecule has 0 spiro atoms. The predicted molar refractivity (Wildman–Crippen MR) is 315 cm³/mol. The van der Waals surface area contributed by atoms with Gasteiger partial charge in [-0.2, -0.15) is 0 Å². The molecule has 1 aromatic rings. The van der Waals surface area contributed by atoms with Crippen LogP contribution in [0.2, 0.25) is 54.4 Å². The molecule has 7 nitrogen and oxygen atoms in total. The van der Waals surface area contributed by atoms with Crippen molar-refractivity contribution in [2.24, 2.45) is 0 Å². The molecule has 0 N–H and O–H groups in total. The molecule has 3 heterocycles. The summed E-state index contributed by atoms with van der Waals surface area (Å²) in [6.07, 6.45) is 30.3. The van der Waals surface area contributed by atoms with Gasteiger partial charge in [0.2, 0.25) is 0 Å². The third-order valence-corrected chi connectivity index (χ3v) is 33.1. The fraction of sp³-hybridized carbons (Fsp3) is 0.885. The highest BCUT2D eigenvalue weighted by Gasteiger charge is 2.52. The molecular formula is C61H114O7SSi3. The number of ether oxygens (including phenoxy) is 3. The number of thioether (sulfide) groups is 1. The Morgan fingerprint density at radius 3 is 1.35 bits per heavy atom. The molecule has 0 saturated carbocycles. The van der Waals surface area contributed by atoms with E-state index in [1.54, 1.807) is 11.8 Å². The van der Waals surface area contributed by atoms with E-state index in [4.69, 9.17) is 27.5 Å². The lowest BCUT2D eigenvalue weighted by atomic mass is 9.94. The Balaban J connectivity index is 1.27. The van der Waals surface area contributed by atoms with Crippen LogP contribution in [0.5, 0.6) is 0 Å². The number of hydrogen-bond acceptors (Lipinski definition) is 8. The first kappa shape index (κ1) is 64.0. The van der Waals surface area contributed by atoms with Gasteiger partial charge < -0.3 is 27.5 Å². The highest BCUT2D eigenvalue weighted by molar-refractivity contribution is 8.01. The molecule has 0 aliphatic carbocycles. The second-order valence-electron chi connectivity index (χ2n) is 27.6. The molecule has 4 rings (SSSR count). The Kier molecular flexibility index (Phi) is 25.7. The molecule has 3 fully saturated rings. The molecule has 0 bridgehead atoms. The maximum absolute atomic E-state index is 13.6. The van der Waals surface area contributed by atoms with Gasteiger partial charge in [-0.1, -0.05) is 190 Å². The van der Waals surface area contributed by atoms with Crippen LogP contribution in [0.15, 0.2) is 35.2 Å². The summed E-state index contributed by atoms with van der Waals surface area (Å²) in [5.74, 6) is -0.0710. The van der Waals surface area contributed by atoms with Crippen molar-refractivity contribution >= 4 is 42.7 Å². The van der Waals surface area contributed by atoms with Crippen molar-refractivity contribution in [3.8, 4) is 0 Å².